The van der Waals surface area contributed by atoms with Gasteiger partial charge in [-0.1, -0.05) is 6.07 Å². The Morgan fingerprint density at radius 3 is 2.71 bits per heavy atom. The summed E-state index contributed by atoms with van der Waals surface area (Å²) in [7, 11) is -3.56. The Bertz CT molecular complexity index is 702. The van der Waals surface area contributed by atoms with Gasteiger partial charge in [-0.05, 0) is 25.1 Å². The van der Waals surface area contributed by atoms with E-state index in [0.717, 1.165) is 24.6 Å². The zero-order valence-corrected chi connectivity index (χ0v) is 15.4. The first-order valence-corrected chi connectivity index (χ1v) is 10.8. The monoisotopic (exact) mass is 369 g/mol. The van der Waals surface area contributed by atoms with Crippen LogP contribution in [0.2, 0.25) is 0 Å². The van der Waals surface area contributed by atoms with Gasteiger partial charge in [0.25, 0.3) is 5.91 Å². The first-order chi connectivity index (χ1) is 11.5. The minimum atomic E-state index is -3.56. The van der Waals surface area contributed by atoms with E-state index in [1.165, 1.54) is 10.4 Å². The predicted octanol–water partition coefficient (Wildman–Crippen LogP) is 0.858. The third kappa shape index (κ3) is 3.77. The van der Waals surface area contributed by atoms with Crippen molar-refractivity contribution >= 4 is 27.7 Å². The van der Waals surface area contributed by atoms with E-state index in [1.54, 1.807) is 23.1 Å². The van der Waals surface area contributed by atoms with E-state index in [9.17, 15) is 13.2 Å². The van der Waals surface area contributed by atoms with Crippen molar-refractivity contribution in [1.82, 2.24) is 14.5 Å². The normalized spacial score (nSPS) is 23.2. The third-order valence-electron chi connectivity index (χ3n) is 4.35. The molecule has 2 heterocycles. The molecule has 0 aliphatic carbocycles. The molecule has 1 aromatic carbocycles. The molecule has 2 saturated heterocycles. The summed E-state index contributed by atoms with van der Waals surface area (Å²) < 4.78 is 27.2. The van der Waals surface area contributed by atoms with Gasteiger partial charge in [-0.25, -0.2) is 8.42 Å². The van der Waals surface area contributed by atoms with Crippen LogP contribution in [0.25, 0.3) is 0 Å². The second-order valence-electron chi connectivity index (χ2n) is 6.15. The van der Waals surface area contributed by atoms with E-state index < -0.39 is 10.0 Å². The van der Waals surface area contributed by atoms with E-state index in [0.29, 0.717) is 25.2 Å². The Hall–Kier alpha value is -1.09. The maximum absolute atomic E-state index is 12.9. The largest absolute Gasteiger partial charge is 0.337 e. The fraction of sp³-hybridized carbons (Fsp3) is 0.562. The highest BCUT2D eigenvalue weighted by molar-refractivity contribution is 7.99. The van der Waals surface area contributed by atoms with Gasteiger partial charge in [-0.3, -0.25) is 4.79 Å². The summed E-state index contributed by atoms with van der Waals surface area (Å²) in [4.78, 5) is 14.6. The van der Waals surface area contributed by atoms with Crippen LogP contribution in [0, 0.1) is 0 Å². The van der Waals surface area contributed by atoms with Gasteiger partial charge in [-0.15, -0.1) is 0 Å². The van der Waals surface area contributed by atoms with Gasteiger partial charge in [0.2, 0.25) is 10.0 Å². The molecule has 0 bridgehead atoms. The van der Waals surface area contributed by atoms with Crippen LogP contribution in [0.5, 0.6) is 0 Å². The van der Waals surface area contributed by atoms with Crippen LogP contribution in [0.1, 0.15) is 17.3 Å². The van der Waals surface area contributed by atoms with Crippen molar-refractivity contribution in [3.63, 3.8) is 0 Å². The van der Waals surface area contributed by atoms with Gasteiger partial charge in [0.05, 0.1) is 4.90 Å². The van der Waals surface area contributed by atoms with Crippen molar-refractivity contribution in [1.29, 1.82) is 0 Å². The number of amides is 1. The number of carbonyl (C=O) groups excluding carboxylic acids is 1. The zero-order valence-electron chi connectivity index (χ0n) is 13.8. The lowest BCUT2D eigenvalue weighted by Gasteiger charge is -2.31. The molecule has 3 rings (SSSR count). The van der Waals surface area contributed by atoms with Crippen molar-refractivity contribution in [3.8, 4) is 0 Å². The Morgan fingerprint density at radius 2 is 2.00 bits per heavy atom. The number of thioether (sulfide) groups is 1. The second kappa shape index (κ2) is 7.43. The number of rotatable bonds is 3. The van der Waals surface area contributed by atoms with Gasteiger partial charge < -0.3 is 10.2 Å². The number of nitrogens with zero attached hydrogens (tertiary/aromatic N) is 2. The molecule has 132 valence electrons. The molecular weight excluding hydrogens is 346 g/mol. The summed E-state index contributed by atoms with van der Waals surface area (Å²) in [5.41, 5.74) is 0.450. The number of carbonyl (C=O) groups is 1. The van der Waals surface area contributed by atoms with E-state index in [1.807, 2.05) is 18.7 Å². The lowest BCUT2D eigenvalue weighted by atomic mass is 10.2. The molecule has 0 aromatic heterocycles. The molecule has 2 fully saturated rings. The number of piperazine rings is 1. The minimum Gasteiger partial charge on any atom is -0.337 e. The van der Waals surface area contributed by atoms with E-state index in [-0.39, 0.29) is 16.8 Å². The topological polar surface area (TPSA) is 69.7 Å². The number of nitrogens with one attached hydrogen (secondary N) is 1. The summed E-state index contributed by atoms with van der Waals surface area (Å²) in [6.07, 6.45) is 0. The summed E-state index contributed by atoms with van der Waals surface area (Å²) in [6.45, 7) is 4.95. The van der Waals surface area contributed by atoms with Gasteiger partial charge in [0.1, 0.15) is 0 Å². The zero-order chi connectivity index (χ0) is 17.2. The first-order valence-electron chi connectivity index (χ1n) is 8.19. The SMILES string of the molecule is C[C@@H]1CN(S(=O)(=O)c2cccc(C(=O)N3CCSCC3)c2)CCN1. The molecular formula is C16H23N3O3S2. The van der Waals surface area contributed by atoms with Gasteiger partial charge in [0, 0.05) is 55.8 Å². The van der Waals surface area contributed by atoms with E-state index in [2.05, 4.69) is 5.32 Å². The molecule has 0 spiro atoms. The van der Waals surface area contributed by atoms with Crippen LogP contribution in [0.3, 0.4) is 0 Å². The summed E-state index contributed by atoms with van der Waals surface area (Å²) in [5.74, 6) is 1.78. The van der Waals surface area contributed by atoms with Gasteiger partial charge in [-0.2, -0.15) is 16.1 Å². The molecule has 1 N–H and O–H groups in total. The van der Waals surface area contributed by atoms with Crippen LogP contribution >= 0.6 is 11.8 Å². The third-order valence-corrected chi connectivity index (χ3v) is 7.15. The Labute approximate surface area is 147 Å². The summed E-state index contributed by atoms with van der Waals surface area (Å²) in [5, 5.41) is 3.24. The number of benzene rings is 1. The van der Waals surface area contributed by atoms with Crippen molar-refractivity contribution in [2.24, 2.45) is 0 Å². The summed E-state index contributed by atoms with van der Waals surface area (Å²) >= 11 is 1.84. The highest BCUT2D eigenvalue weighted by Gasteiger charge is 2.29. The average Bonchev–Trinajstić information content (AvgIpc) is 2.62. The van der Waals surface area contributed by atoms with E-state index in [4.69, 9.17) is 0 Å². The predicted molar refractivity (Wildman–Crippen MR) is 95.9 cm³/mol. The van der Waals surface area contributed by atoms with Gasteiger partial charge >= 0.3 is 0 Å². The molecule has 2 aliphatic heterocycles. The molecule has 1 aromatic rings. The maximum Gasteiger partial charge on any atom is 0.253 e. The first kappa shape index (κ1) is 17.7. The molecule has 2 aliphatic rings. The molecule has 24 heavy (non-hydrogen) atoms. The standard InChI is InChI=1S/C16H23N3O3S2/c1-13-12-19(6-5-17-13)24(21,22)15-4-2-3-14(11-15)16(20)18-7-9-23-10-8-18/h2-4,11,13,17H,5-10,12H2,1H3/t13-/m1/s1. The molecule has 1 atom stereocenters. The number of hydrogen-bond donors (Lipinski definition) is 1. The van der Waals surface area contributed by atoms with Crippen molar-refractivity contribution in [2.75, 3.05) is 44.2 Å². The Kier molecular flexibility index (Phi) is 5.49. The molecule has 1 amide bonds. The Balaban J connectivity index is 1.82. The number of hydrogen-bond acceptors (Lipinski definition) is 5. The molecule has 6 nitrogen and oxygen atoms in total. The van der Waals surface area contributed by atoms with Crippen molar-refractivity contribution in [2.45, 2.75) is 17.9 Å². The average molecular weight is 370 g/mol. The summed E-state index contributed by atoms with van der Waals surface area (Å²) in [6, 6.07) is 6.58. The molecule has 8 heteroatoms. The van der Waals surface area contributed by atoms with Crippen LogP contribution in [-0.4, -0.2) is 73.8 Å². The molecule has 0 radical (unpaired) electrons. The van der Waals surface area contributed by atoms with Crippen LogP contribution < -0.4 is 5.32 Å². The maximum atomic E-state index is 12.9. The molecule has 0 saturated carbocycles. The smallest absolute Gasteiger partial charge is 0.253 e. The lowest BCUT2D eigenvalue weighted by molar-refractivity contribution is 0.0772. The second-order valence-corrected chi connectivity index (χ2v) is 9.31. The Morgan fingerprint density at radius 1 is 1.25 bits per heavy atom. The highest BCUT2D eigenvalue weighted by atomic mass is 32.2. The number of sulfonamides is 1. The quantitative estimate of drug-likeness (QED) is 0.856. The minimum absolute atomic E-state index is 0.0824. The van der Waals surface area contributed by atoms with Crippen molar-refractivity contribution < 1.29 is 13.2 Å². The van der Waals surface area contributed by atoms with E-state index >= 15 is 0 Å². The molecule has 0 unspecified atom stereocenters. The van der Waals surface area contributed by atoms with Crippen LogP contribution in [-0.2, 0) is 10.0 Å². The van der Waals surface area contributed by atoms with Crippen molar-refractivity contribution in [3.05, 3.63) is 29.8 Å². The van der Waals surface area contributed by atoms with Crippen LogP contribution in [0.15, 0.2) is 29.2 Å². The highest BCUT2D eigenvalue weighted by Crippen LogP contribution is 2.20. The fourth-order valence-electron chi connectivity index (χ4n) is 3.00. The fourth-order valence-corrected chi connectivity index (χ4v) is 5.48. The van der Waals surface area contributed by atoms with Gasteiger partial charge in [0.15, 0.2) is 0 Å². The lowest BCUT2D eigenvalue weighted by Crippen LogP contribution is -2.51. The van der Waals surface area contributed by atoms with Crippen LogP contribution in [0.4, 0.5) is 0 Å².